The lowest BCUT2D eigenvalue weighted by molar-refractivity contribution is -0.345. The lowest BCUT2D eigenvalue weighted by Crippen LogP contribution is -2.70. The number of fused-ring (bicyclic) bond motifs is 1. The molecule has 2 aliphatic rings. The van der Waals surface area contributed by atoms with Crippen molar-refractivity contribution in [2.24, 2.45) is 0 Å². The quantitative estimate of drug-likeness (QED) is 0.159. The summed E-state index contributed by atoms with van der Waals surface area (Å²) in [4.78, 5) is 39.8. The molecule has 0 saturated carbocycles. The molecule has 6 N–H and O–H groups in total. The third-order valence-corrected chi connectivity index (χ3v) is 6.99. The fraction of sp³-hybridized carbons (Fsp3) is 0.423. The average molecular weight is 547 g/mol. The number of ether oxygens (including phenoxy) is 1. The SMILES string of the molecule is CNC(=O)C(N1Cc2c(NCc3ccc(CN4CCOCC4)cc3F)cccc2C1=O)C(O)(O)C(O)(O)C=O. The van der Waals surface area contributed by atoms with Gasteiger partial charge in [-0.25, -0.2) is 4.39 Å². The van der Waals surface area contributed by atoms with Crippen LogP contribution < -0.4 is 10.6 Å². The number of amides is 2. The van der Waals surface area contributed by atoms with Gasteiger partial charge in [0.15, 0.2) is 12.3 Å². The zero-order chi connectivity index (χ0) is 28.4. The minimum Gasteiger partial charge on any atom is -0.381 e. The Morgan fingerprint density at radius 1 is 1.18 bits per heavy atom. The van der Waals surface area contributed by atoms with Gasteiger partial charge in [0.1, 0.15) is 5.82 Å². The first-order valence-corrected chi connectivity index (χ1v) is 12.3. The fourth-order valence-corrected chi connectivity index (χ4v) is 4.74. The van der Waals surface area contributed by atoms with Crippen LogP contribution in [0.25, 0.3) is 0 Å². The number of rotatable bonds is 10. The van der Waals surface area contributed by atoms with Crippen LogP contribution in [-0.4, -0.2) is 99.3 Å². The summed E-state index contributed by atoms with van der Waals surface area (Å²) in [5, 5.41) is 45.8. The van der Waals surface area contributed by atoms with Gasteiger partial charge >= 0.3 is 0 Å². The normalized spacial score (nSPS) is 17.1. The summed E-state index contributed by atoms with van der Waals surface area (Å²) >= 11 is 0. The first-order chi connectivity index (χ1) is 18.5. The van der Waals surface area contributed by atoms with Gasteiger partial charge in [-0.15, -0.1) is 0 Å². The second-order valence-corrected chi connectivity index (χ2v) is 9.52. The van der Waals surface area contributed by atoms with Crippen LogP contribution in [0, 0.1) is 5.82 Å². The first kappa shape index (κ1) is 28.5. The van der Waals surface area contributed by atoms with E-state index in [2.05, 4.69) is 15.5 Å². The number of carbonyl (C=O) groups excluding carboxylic acids is 3. The van der Waals surface area contributed by atoms with Crippen LogP contribution in [0.4, 0.5) is 10.1 Å². The maximum Gasteiger partial charge on any atom is 0.279 e. The van der Waals surface area contributed by atoms with E-state index in [4.69, 9.17) is 4.74 Å². The summed E-state index contributed by atoms with van der Waals surface area (Å²) in [5.74, 6) is -9.86. The van der Waals surface area contributed by atoms with Gasteiger partial charge in [-0.2, -0.15) is 0 Å². The average Bonchev–Trinajstić information content (AvgIpc) is 3.24. The largest absolute Gasteiger partial charge is 0.381 e. The van der Waals surface area contributed by atoms with Gasteiger partial charge in [-0.05, 0) is 23.8 Å². The number of benzene rings is 2. The molecule has 12 nitrogen and oxygen atoms in total. The lowest BCUT2D eigenvalue weighted by atomic mass is 9.96. The molecule has 0 aromatic heterocycles. The predicted octanol–water partition coefficient (Wildman–Crippen LogP) is -1.10. The second kappa shape index (κ2) is 11.3. The van der Waals surface area contributed by atoms with Crippen molar-refractivity contribution in [3.63, 3.8) is 0 Å². The van der Waals surface area contributed by atoms with Crippen molar-refractivity contribution in [1.29, 1.82) is 0 Å². The number of likely N-dealkylation sites (N-methyl/N-ethyl adjacent to an activating group) is 1. The number of nitrogens with zero attached hydrogens (tertiary/aromatic N) is 2. The van der Waals surface area contributed by atoms with Crippen molar-refractivity contribution in [2.75, 3.05) is 38.7 Å². The number of hydrogen-bond acceptors (Lipinski definition) is 10. The van der Waals surface area contributed by atoms with E-state index in [9.17, 15) is 39.2 Å². The molecule has 39 heavy (non-hydrogen) atoms. The summed E-state index contributed by atoms with van der Waals surface area (Å²) in [6.07, 6.45) is -0.551. The highest BCUT2D eigenvalue weighted by atomic mass is 19.1. The molecule has 2 amide bonds. The molecule has 2 aliphatic heterocycles. The first-order valence-electron chi connectivity index (χ1n) is 12.3. The Labute approximate surface area is 223 Å². The molecule has 0 spiro atoms. The minimum atomic E-state index is -3.76. The molecule has 2 aromatic carbocycles. The van der Waals surface area contributed by atoms with Gasteiger partial charge in [-0.3, -0.25) is 19.3 Å². The second-order valence-electron chi connectivity index (χ2n) is 9.52. The molecule has 4 rings (SSSR count). The molecule has 1 saturated heterocycles. The molecule has 0 radical (unpaired) electrons. The van der Waals surface area contributed by atoms with Crippen molar-refractivity contribution >= 4 is 23.8 Å². The summed E-state index contributed by atoms with van der Waals surface area (Å²) in [7, 11) is 1.14. The van der Waals surface area contributed by atoms with Gasteiger partial charge in [0.05, 0.1) is 13.2 Å². The van der Waals surface area contributed by atoms with Gasteiger partial charge in [0.25, 0.3) is 17.5 Å². The van der Waals surface area contributed by atoms with E-state index in [1.165, 1.54) is 12.1 Å². The molecular formula is C26H31FN4O8. The van der Waals surface area contributed by atoms with E-state index < -0.39 is 41.5 Å². The zero-order valence-corrected chi connectivity index (χ0v) is 21.3. The van der Waals surface area contributed by atoms with E-state index in [1.807, 2.05) is 6.07 Å². The molecule has 1 unspecified atom stereocenters. The molecule has 0 bridgehead atoms. The van der Waals surface area contributed by atoms with Crippen molar-refractivity contribution in [3.05, 3.63) is 64.5 Å². The van der Waals surface area contributed by atoms with Crippen molar-refractivity contribution in [3.8, 4) is 0 Å². The van der Waals surface area contributed by atoms with Crippen LogP contribution >= 0.6 is 0 Å². The molecule has 1 fully saturated rings. The van der Waals surface area contributed by atoms with Crippen LogP contribution in [-0.2, 0) is 34.0 Å². The molecule has 210 valence electrons. The topological polar surface area (TPSA) is 172 Å². The Morgan fingerprint density at radius 2 is 1.90 bits per heavy atom. The Balaban J connectivity index is 1.52. The van der Waals surface area contributed by atoms with Crippen LogP contribution in [0.5, 0.6) is 0 Å². The Kier molecular flexibility index (Phi) is 8.30. The standard InChI is InChI=1S/C26H31FN4O8/c1-28-23(33)22(26(37,38)25(35,36)15-32)31-14-19-18(24(31)34)3-2-4-21(19)29-12-17-6-5-16(11-20(17)27)13-30-7-9-39-10-8-30/h2-6,11,15,22,29,35-38H,7-10,12-14H2,1H3,(H,28,33). The highest BCUT2D eigenvalue weighted by Crippen LogP contribution is 2.35. The number of halogens is 1. The van der Waals surface area contributed by atoms with Gasteiger partial charge < -0.3 is 40.7 Å². The van der Waals surface area contributed by atoms with Gasteiger partial charge in [-0.1, -0.05) is 18.2 Å². The van der Waals surface area contributed by atoms with Gasteiger partial charge in [0.2, 0.25) is 5.91 Å². The smallest absolute Gasteiger partial charge is 0.279 e. The van der Waals surface area contributed by atoms with Crippen molar-refractivity contribution < 1.29 is 43.9 Å². The zero-order valence-electron chi connectivity index (χ0n) is 21.3. The van der Waals surface area contributed by atoms with Crippen LogP contribution in [0.3, 0.4) is 0 Å². The lowest BCUT2D eigenvalue weighted by Gasteiger charge is -2.40. The van der Waals surface area contributed by atoms with Crippen LogP contribution in [0.2, 0.25) is 0 Å². The number of morpholine rings is 1. The number of nitrogens with one attached hydrogen (secondary N) is 2. The highest BCUT2D eigenvalue weighted by molar-refractivity contribution is 6.03. The van der Waals surface area contributed by atoms with Crippen LogP contribution in [0.1, 0.15) is 27.0 Å². The van der Waals surface area contributed by atoms with E-state index in [0.29, 0.717) is 36.6 Å². The Hall–Kier alpha value is -3.46. The number of aliphatic hydroxyl groups is 4. The third kappa shape index (κ3) is 5.64. The maximum absolute atomic E-state index is 14.9. The van der Waals surface area contributed by atoms with E-state index >= 15 is 0 Å². The monoisotopic (exact) mass is 546 g/mol. The predicted molar refractivity (Wildman–Crippen MR) is 134 cm³/mol. The molecular weight excluding hydrogens is 515 g/mol. The summed E-state index contributed by atoms with van der Waals surface area (Å²) < 4.78 is 20.2. The number of carbonyl (C=O) groups is 3. The molecule has 2 aromatic rings. The fourth-order valence-electron chi connectivity index (χ4n) is 4.74. The summed E-state index contributed by atoms with van der Waals surface area (Å²) in [6, 6.07) is 7.38. The van der Waals surface area contributed by atoms with E-state index in [0.717, 1.165) is 30.6 Å². The molecule has 0 aliphatic carbocycles. The minimum absolute atomic E-state index is 0.0681. The molecule has 1 atom stereocenters. The molecule has 13 heteroatoms. The number of aldehydes is 1. The number of hydrogen-bond donors (Lipinski definition) is 6. The summed E-state index contributed by atoms with van der Waals surface area (Å²) in [5.41, 5.74) is 2.11. The van der Waals surface area contributed by atoms with E-state index in [-0.39, 0.29) is 18.7 Å². The van der Waals surface area contributed by atoms with Crippen molar-refractivity contribution in [2.45, 2.75) is 37.3 Å². The Bertz CT molecular complexity index is 1250. The Morgan fingerprint density at radius 3 is 2.54 bits per heavy atom. The van der Waals surface area contributed by atoms with E-state index in [1.54, 1.807) is 18.2 Å². The third-order valence-electron chi connectivity index (χ3n) is 6.99. The van der Waals surface area contributed by atoms with Gasteiger partial charge in [0, 0.05) is 62.1 Å². The van der Waals surface area contributed by atoms with Crippen LogP contribution in [0.15, 0.2) is 36.4 Å². The summed E-state index contributed by atoms with van der Waals surface area (Å²) in [6.45, 7) is 3.18. The van der Waals surface area contributed by atoms with Crippen molar-refractivity contribution in [1.82, 2.24) is 15.1 Å². The highest BCUT2D eigenvalue weighted by Gasteiger charge is 2.60. The molecule has 2 heterocycles. The maximum atomic E-state index is 14.9. The number of anilines is 1.